The summed E-state index contributed by atoms with van der Waals surface area (Å²) in [5.74, 6) is 0.723. The standard InChI is InChI=1S/C15H26N2/c1-14(2)12-17(11-10-16(3)4)13-15-8-6-5-7-9-15/h5-9,14H,10-13H2,1-4H3. The van der Waals surface area contributed by atoms with Crippen molar-refractivity contribution in [3.05, 3.63) is 35.9 Å². The highest BCUT2D eigenvalue weighted by molar-refractivity contribution is 5.14. The Hall–Kier alpha value is -0.860. The van der Waals surface area contributed by atoms with Crippen LogP contribution >= 0.6 is 0 Å². The first-order valence-corrected chi connectivity index (χ1v) is 6.49. The molecule has 1 rings (SSSR count). The van der Waals surface area contributed by atoms with Gasteiger partial charge >= 0.3 is 0 Å². The van der Waals surface area contributed by atoms with E-state index in [1.807, 2.05) is 0 Å². The molecular weight excluding hydrogens is 208 g/mol. The lowest BCUT2D eigenvalue weighted by Crippen LogP contribution is -2.33. The van der Waals surface area contributed by atoms with Gasteiger partial charge < -0.3 is 4.90 Å². The second-order valence-corrected chi connectivity index (χ2v) is 5.42. The van der Waals surface area contributed by atoms with Crippen LogP contribution < -0.4 is 0 Å². The molecule has 0 atom stereocenters. The molecule has 2 heteroatoms. The van der Waals surface area contributed by atoms with Crippen molar-refractivity contribution >= 4 is 0 Å². The topological polar surface area (TPSA) is 6.48 Å². The Morgan fingerprint density at radius 1 is 1.00 bits per heavy atom. The van der Waals surface area contributed by atoms with Gasteiger partial charge in [-0.15, -0.1) is 0 Å². The molecule has 0 spiro atoms. The first-order valence-electron chi connectivity index (χ1n) is 6.49. The molecule has 0 radical (unpaired) electrons. The van der Waals surface area contributed by atoms with E-state index < -0.39 is 0 Å². The molecule has 0 amide bonds. The minimum absolute atomic E-state index is 0.723. The lowest BCUT2D eigenvalue weighted by Gasteiger charge is -2.25. The van der Waals surface area contributed by atoms with Crippen LogP contribution in [0.5, 0.6) is 0 Å². The highest BCUT2D eigenvalue weighted by Gasteiger charge is 2.08. The van der Waals surface area contributed by atoms with Crippen molar-refractivity contribution in [1.82, 2.24) is 9.80 Å². The van der Waals surface area contributed by atoms with Gasteiger partial charge in [0.1, 0.15) is 0 Å². The maximum Gasteiger partial charge on any atom is 0.0234 e. The lowest BCUT2D eigenvalue weighted by atomic mass is 10.1. The summed E-state index contributed by atoms with van der Waals surface area (Å²) in [6, 6.07) is 10.7. The van der Waals surface area contributed by atoms with Crippen LogP contribution in [0.4, 0.5) is 0 Å². The molecule has 0 aliphatic rings. The van der Waals surface area contributed by atoms with Crippen LogP contribution in [0, 0.1) is 5.92 Å². The van der Waals surface area contributed by atoms with Gasteiger partial charge in [0.2, 0.25) is 0 Å². The van der Waals surface area contributed by atoms with E-state index in [9.17, 15) is 0 Å². The number of hydrogen-bond donors (Lipinski definition) is 0. The smallest absolute Gasteiger partial charge is 0.0234 e. The zero-order chi connectivity index (χ0) is 12.7. The van der Waals surface area contributed by atoms with Gasteiger partial charge in [0.05, 0.1) is 0 Å². The fraction of sp³-hybridized carbons (Fsp3) is 0.600. The maximum atomic E-state index is 2.54. The quantitative estimate of drug-likeness (QED) is 0.716. The molecule has 0 unspecified atom stereocenters. The van der Waals surface area contributed by atoms with Gasteiger partial charge in [-0.05, 0) is 25.6 Å². The minimum Gasteiger partial charge on any atom is -0.308 e. The second-order valence-electron chi connectivity index (χ2n) is 5.42. The Morgan fingerprint density at radius 3 is 2.18 bits per heavy atom. The van der Waals surface area contributed by atoms with Gasteiger partial charge in [-0.1, -0.05) is 44.2 Å². The Morgan fingerprint density at radius 2 is 1.65 bits per heavy atom. The Kier molecular flexibility index (Phi) is 6.23. The molecule has 0 aliphatic carbocycles. The molecule has 0 saturated carbocycles. The maximum absolute atomic E-state index is 2.54. The van der Waals surface area contributed by atoms with E-state index in [1.165, 1.54) is 12.1 Å². The van der Waals surface area contributed by atoms with Crippen molar-refractivity contribution in [2.24, 2.45) is 5.92 Å². The molecule has 0 N–H and O–H groups in total. The molecule has 0 fully saturated rings. The first kappa shape index (κ1) is 14.2. The monoisotopic (exact) mass is 234 g/mol. The molecule has 96 valence electrons. The SMILES string of the molecule is CC(C)CN(CCN(C)C)Cc1ccccc1. The second kappa shape index (κ2) is 7.46. The number of rotatable bonds is 7. The third kappa shape index (κ3) is 6.44. The van der Waals surface area contributed by atoms with Crippen molar-refractivity contribution in [3.8, 4) is 0 Å². The summed E-state index contributed by atoms with van der Waals surface area (Å²) < 4.78 is 0. The predicted octanol–water partition coefficient (Wildman–Crippen LogP) is 2.71. The van der Waals surface area contributed by atoms with Gasteiger partial charge in [0.15, 0.2) is 0 Å². The first-order chi connectivity index (χ1) is 8.08. The molecule has 1 aromatic carbocycles. The predicted molar refractivity (Wildman–Crippen MR) is 75.1 cm³/mol. The molecule has 2 nitrogen and oxygen atoms in total. The van der Waals surface area contributed by atoms with E-state index in [-0.39, 0.29) is 0 Å². The van der Waals surface area contributed by atoms with E-state index in [0.29, 0.717) is 0 Å². The fourth-order valence-electron chi connectivity index (χ4n) is 1.93. The van der Waals surface area contributed by atoms with Crippen molar-refractivity contribution in [2.45, 2.75) is 20.4 Å². The van der Waals surface area contributed by atoms with E-state index in [1.54, 1.807) is 0 Å². The average molecular weight is 234 g/mol. The van der Waals surface area contributed by atoms with Crippen molar-refractivity contribution < 1.29 is 0 Å². The van der Waals surface area contributed by atoms with Crippen LogP contribution in [-0.2, 0) is 6.54 Å². The summed E-state index contributed by atoms with van der Waals surface area (Å²) >= 11 is 0. The van der Waals surface area contributed by atoms with Crippen LogP contribution in [-0.4, -0.2) is 43.5 Å². The van der Waals surface area contributed by atoms with Crippen LogP contribution in [0.25, 0.3) is 0 Å². The molecule has 17 heavy (non-hydrogen) atoms. The molecule has 0 heterocycles. The normalized spacial score (nSPS) is 11.7. The van der Waals surface area contributed by atoms with Crippen LogP contribution in [0.15, 0.2) is 30.3 Å². The largest absolute Gasteiger partial charge is 0.308 e. The van der Waals surface area contributed by atoms with E-state index >= 15 is 0 Å². The Balaban J connectivity index is 2.51. The van der Waals surface area contributed by atoms with Crippen molar-refractivity contribution in [1.29, 1.82) is 0 Å². The van der Waals surface area contributed by atoms with Gasteiger partial charge in [0.25, 0.3) is 0 Å². The molecule has 0 saturated heterocycles. The summed E-state index contributed by atoms with van der Waals surface area (Å²) in [6.07, 6.45) is 0. The molecule has 1 aromatic rings. The third-order valence-corrected chi connectivity index (χ3v) is 2.74. The summed E-state index contributed by atoms with van der Waals surface area (Å²) in [5.41, 5.74) is 1.41. The van der Waals surface area contributed by atoms with E-state index in [0.717, 1.165) is 25.6 Å². The minimum atomic E-state index is 0.723. The summed E-state index contributed by atoms with van der Waals surface area (Å²) in [5, 5.41) is 0. The zero-order valence-electron chi connectivity index (χ0n) is 11.7. The average Bonchev–Trinajstić information content (AvgIpc) is 2.26. The highest BCUT2D eigenvalue weighted by atomic mass is 15.2. The number of hydrogen-bond acceptors (Lipinski definition) is 2. The van der Waals surface area contributed by atoms with Crippen LogP contribution in [0.2, 0.25) is 0 Å². The fourth-order valence-corrected chi connectivity index (χ4v) is 1.93. The van der Waals surface area contributed by atoms with Crippen LogP contribution in [0.3, 0.4) is 0 Å². The van der Waals surface area contributed by atoms with Gasteiger partial charge in [-0.2, -0.15) is 0 Å². The third-order valence-electron chi connectivity index (χ3n) is 2.74. The zero-order valence-corrected chi connectivity index (χ0v) is 11.7. The molecular formula is C15H26N2. The molecule has 0 bridgehead atoms. The van der Waals surface area contributed by atoms with Crippen molar-refractivity contribution in [2.75, 3.05) is 33.7 Å². The Labute approximate surface area is 106 Å². The number of likely N-dealkylation sites (N-methyl/N-ethyl adjacent to an activating group) is 1. The summed E-state index contributed by atoms with van der Waals surface area (Å²) in [4.78, 5) is 4.79. The lowest BCUT2D eigenvalue weighted by molar-refractivity contribution is 0.212. The molecule has 0 aliphatic heterocycles. The Bertz CT molecular complexity index is 293. The van der Waals surface area contributed by atoms with E-state index in [2.05, 4.69) is 68.1 Å². The van der Waals surface area contributed by atoms with E-state index in [4.69, 9.17) is 0 Å². The van der Waals surface area contributed by atoms with Crippen LogP contribution in [0.1, 0.15) is 19.4 Å². The highest BCUT2D eigenvalue weighted by Crippen LogP contribution is 2.07. The summed E-state index contributed by atoms with van der Waals surface area (Å²) in [6.45, 7) is 9.07. The van der Waals surface area contributed by atoms with Gasteiger partial charge in [0, 0.05) is 26.2 Å². The van der Waals surface area contributed by atoms with Gasteiger partial charge in [-0.3, -0.25) is 4.90 Å². The molecule has 0 aromatic heterocycles. The van der Waals surface area contributed by atoms with Gasteiger partial charge in [-0.25, -0.2) is 0 Å². The van der Waals surface area contributed by atoms with Crippen molar-refractivity contribution in [3.63, 3.8) is 0 Å². The number of nitrogens with zero attached hydrogens (tertiary/aromatic N) is 2. The number of benzene rings is 1. The summed E-state index contributed by atoms with van der Waals surface area (Å²) in [7, 11) is 4.27.